The summed E-state index contributed by atoms with van der Waals surface area (Å²) in [7, 11) is 1.63. The zero-order chi connectivity index (χ0) is 13.2. The number of aliphatic hydroxyl groups is 1. The Morgan fingerprint density at radius 1 is 1.42 bits per heavy atom. The molecule has 1 fully saturated rings. The minimum atomic E-state index is -0.204. The summed E-state index contributed by atoms with van der Waals surface area (Å²) in [4.78, 5) is 2.26. The van der Waals surface area contributed by atoms with Crippen LogP contribution in [0.4, 0.5) is 0 Å². The van der Waals surface area contributed by atoms with E-state index in [2.05, 4.69) is 4.90 Å². The highest BCUT2D eigenvalue weighted by Gasteiger charge is 2.22. The number of benzene rings is 1. The maximum Gasteiger partial charge on any atom is 0.231 e. The van der Waals surface area contributed by atoms with E-state index in [1.807, 2.05) is 12.1 Å². The first-order valence-corrected chi connectivity index (χ1v) is 6.63. The quantitative estimate of drug-likeness (QED) is 0.895. The van der Waals surface area contributed by atoms with Gasteiger partial charge in [-0.3, -0.25) is 4.90 Å². The average Bonchev–Trinajstić information content (AvgIpc) is 2.86. The van der Waals surface area contributed by atoms with Gasteiger partial charge in [-0.25, -0.2) is 0 Å². The first kappa shape index (κ1) is 12.6. The normalized spacial score (nSPS) is 22.5. The minimum absolute atomic E-state index is 0.204. The molecule has 5 nitrogen and oxygen atoms in total. The van der Waals surface area contributed by atoms with Crippen molar-refractivity contribution in [2.45, 2.75) is 25.5 Å². The molecule has 1 aromatic rings. The van der Waals surface area contributed by atoms with Crippen LogP contribution in [-0.4, -0.2) is 43.1 Å². The summed E-state index contributed by atoms with van der Waals surface area (Å²) in [6.45, 7) is 2.80. The smallest absolute Gasteiger partial charge is 0.231 e. The fourth-order valence-electron chi connectivity index (χ4n) is 2.71. The minimum Gasteiger partial charge on any atom is -0.493 e. The molecule has 0 spiro atoms. The van der Waals surface area contributed by atoms with Crippen LogP contribution in [0.5, 0.6) is 17.2 Å². The van der Waals surface area contributed by atoms with E-state index in [1.54, 1.807) is 7.11 Å². The Morgan fingerprint density at radius 3 is 3.11 bits per heavy atom. The summed E-state index contributed by atoms with van der Waals surface area (Å²) < 4.78 is 16.1. The number of hydrogen-bond donors (Lipinski definition) is 1. The Kier molecular flexibility index (Phi) is 3.48. The van der Waals surface area contributed by atoms with Crippen molar-refractivity contribution in [3.8, 4) is 17.2 Å². The number of rotatable bonds is 3. The molecule has 1 atom stereocenters. The van der Waals surface area contributed by atoms with Gasteiger partial charge in [0.2, 0.25) is 12.5 Å². The average molecular weight is 265 g/mol. The van der Waals surface area contributed by atoms with Crippen LogP contribution in [0.1, 0.15) is 18.4 Å². The Hall–Kier alpha value is -1.46. The van der Waals surface area contributed by atoms with Crippen LogP contribution in [0.25, 0.3) is 0 Å². The van der Waals surface area contributed by atoms with Gasteiger partial charge >= 0.3 is 0 Å². The molecule has 0 radical (unpaired) electrons. The number of piperidine rings is 1. The summed E-state index contributed by atoms with van der Waals surface area (Å²) in [6.07, 6.45) is 1.74. The van der Waals surface area contributed by atoms with Gasteiger partial charge < -0.3 is 19.3 Å². The van der Waals surface area contributed by atoms with Crippen molar-refractivity contribution in [1.29, 1.82) is 0 Å². The van der Waals surface area contributed by atoms with Gasteiger partial charge in [-0.2, -0.15) is 0 Å². The van der Waals surface area contributed by atoms with E-state index in [1.165, 1.54) is 0 Å². The van der Waals surface area contributed by atoms with Crippen LogP contribution >= 0.6 is 0 Å². The standard InChI is InChI=1S/C14H19NO4/c1-17-12-5-10(6-13-14(12)19-9-18-13)7-15-4-2-3-11(16)8-15/h5-6,11,16H,2-4,7-9H2,1H3. The lowest BCUT2D eigenvalue weighted by molar-refractivity contribution is 0.0668. The molecule has 3 rings (SSSR count). The zero-order valence-electron chi connectivity index (χ0n) is 11.1. The molecule has 2 heterocycles. The molecule has 2 aliphatic rings. The van der Waals surface area contributed by atoms with E-state index in [-0.39, 0.29) is 12.9 Å². The fourth-order valence-corrected chi connectivity index (χ4v) is 2.71. The maximum atomic E-state index is 9.70. The summed E-state index contributed by atoms with van der Waals surface area (Å²) >= 11 is 0. The number of methoxy groups -OCH3 is 1. The molecule has 2 aliphatic heterocycles. The van der Waals surface area contributed by atoms with E-state index < -0.39 is 0 Å². The Labute approximate surface area is 112 Å². The van der Waals surface area contributed by atoms with Crippen LogP contribution in [0.2, 0.25) is 0 Å². The number of β-amino-alcohol motifs (C(OH)–C–C–N with tert-alkyl or cyclic N) is 1. The van der Waals surface area contributed by atoms with Gasteiger partial charge in [-0.1, -0.05) is 0 Å². The van der Waals surface area contributed by atoms with Crippen LogP contribution in [-0.2, 0) is 6.54 Å². The van der Waals surface area contributed by atoms with E-state index in [0.717, 1.165) is 43.8 Å². The molecule has 0 saturated carbocycles. The molecule has 1 saturated heterocycles. The lowest BCUT2D eigenvalue weighted by atomic mass is 10.1. The Balaban J connectivity index is 1.77. The molecular formula is C14H19NO4. The van der Waals surface area contributed by atoms with Gasteiger partial charge in [-0.05, 0) is 37.1 Å². The van der Waals surface area contributed by atoms with Crippen molar-refractivity contribution in [1.82, 2.24) is 4.90 Å². The molecule has 0 aromatic heterocycles. The van der Waals surface area contributed by atoms with Crippen LogP contribution in [0.3, 0.4) is 0 Å². The third-order valence-electron chi connectivity index (χ3n) is 3.60. The summed E-state index contributed by atoms with van der Waals surface area (Å²) in [5.41, 5.74) is 1.12. The molecule has 0 bridgehead atoms. The van der Waals surface area contributed by atoms with Crippen molar-refractivity contribution in [2.75, 3.05) is 27.0 Å². The monoisotopic (exact) mass is 265 g/mol. The van der Waals surface area contributed by atoms with E-state index >= 15 is 0 Å². The predicted octanol–water partition coefficient (Wildman–Crippen LogP) is 1.38. The second-order valence-corrected chi connectivity index (χ2v) is 5.06. The first-order chi connectivity index (χ1) is 9.26. The SMILES string of the molecule is COc1cc(CN2CCCC(O)C2)cc2c1OCO2. The van der Waals surface area contributed by atoms with E-state index in [4.69, 9.17) is 14.2 Å². The van der Waals surface area contributed by atoms with Crippen molar-refractivity contribution in [3.05, 3.63) is 17.7 Å². The molecule has 104 valence electrons. The highest BCUT2D eigenvalue weighted by Crippen LogP contribution is 2.42. The highest BCUT2D eigenvalue weighted by molar-refractivity contribution is 5.55. The van der Waals surface area contributed by atoms with E-state index in [9.17, 15) is 5.11 Å². The van der Waals surface area contributed by atoms with Gasteiger partial charge in [0.05, 0.1) is 13.2 Å². The zero-order valence-corrected chi connectivity index (χ0v) is 11.1. The predicted molar refractivity (Wildman–Crippen MR) is 69.6 cm³/mol. The second kappa shape index (κ2) is 5.27. The molecule has 0 aliphatic carbocycles. The van der Waals surface area contributed by atoms with Crippen molar-refractivity contribution >= 4 is 0 Å². The lowest BCUT2D eigenvalue weighted by Gasteiger charge is -2.30. The number of hydrogen-bond acceptors (Lipinski definition) is 5. The molecule has 0 amide bonds. The number of fused-ring (bicyclic) bond motifs is 1. The summed E-state index contributed by atoms with van der Waals surface area (Å²) in [6, 6.07) is 3.97. The topological polar surface area (TPSA) is 51.2 Å². The third-order valence-corrected chi connectivity index (χ3v) is 3.60. The molecule has 1 aromatic carbocycles. The maximum absolute atomic E-state index is 9.70. The van der Waals surface area contributed by atoms with Gasteiger partial charge in [0.25, 0.3) is 0 Å². The fraction of sp³-hybridized carbons (Fsp3) is 0.571. The molecule has 1 N–H and O–H groups in total. The van der Waals surface area contributed by atoms with Gasteiger partial charge in [0, 0.05) is 13.1 Å². The number of ether oxygens (including phenoxy) is 3. The lowest BCUT2D eigenvalue weighted by Crippen LogP contribution is -2.37. The van der Waals surface area contributed by atoms with Crippen LogP contribution in [0, 0.1) is 0 Å². The second-order valence-electron chi connectivity index (χ2n) is 5.06. The number of aliphatic hydroxyl groups excluding tert-OH is 1. The Bertz CT molecular complexity index is 463. The van der Waals surface area contributed by atoms with Crippen molar-refractivity contribution in [2.24, 2.45) is 0 Å². The molecule has 1 unspecified atom stereocenters. The van der Waals surface area contributed by atoms with Crippen molar-refractivity contribution in [3.63, 3.8) is 0 Å². The third kappa shape index (κ3) is 2.62. The summed E-state index contributed by atoms with van der Waals surface area (Å²) in [5.74, 6) is 2.14. The van der Waals surface area contributed by atoms with Crippen molar-refractivity contribution < 1.29 is 19.3 Å². The number of likely N-dealkylation sites (tertiary alicyclic amines) is 1. The van der Waals surface area contributed by atoms with Gasteiger partial charge in [-0.15, -0.1) is 0 Å². The highest BCUT2D eigenvalue weighted by atomic mass is 16.7. The number of nitrogens with zero attached hydrogens (tertiary/aromatic N) is 1. The van der Waals surface area contributed by atoms with E-state index in [0.29, 0.717) is 11.5 Å². The first-order valence-electron chi connectivity index (χ1n) is 6.63. The Morgan fingerprint density at radius 2 is 2.32 bits per heavy atom. The molecule has 5 heteroatoms. The molecular weight excluding hydrogens is 246 g/mol. The van der Waals surface area contributed by atoms with Crippen LogP contribution in [0.15, 0.2) is 12.1 Å². The van der Waals surface area contributed by atoms with Crippen LogP contribution < -0.4 is 14.2 Å². The van der Waals surface area contributed by atoms with Gasteiger partial charge in [0.15, 0.2) is 11.5 Å². The largest absolute Gasteiger partial charge is 0.493 e. The molecule has 19 heavy (non-hydrogen) atoms. The summed E-state index contributed by atoms with van der Waals surface area (Å²) in [5, 5.41) is 9.70. The van der Waals surface area contributed by atoms with Gasteiger partial charge in [0.1, 0.15) is 0 Å².